The molecule has 1 aliphatic carbocycles. The molecule has 0 spiro atoms. The number of aliphatic hydroxyl groups is 2. The van der Waals surface area contributed by atoms with E-state index in [0.717, 1.165) is 41.9 Å². The number of nitrogens with two attached hydrogens (primary N) is 1. The SMILES string of the molecule is CC(C)(C)OC(=O)N[C@@H](CC(N)=O)C(=O)N[C@@H](Cc1ccccc1)[C@@H](O)C[C@@H](Cc1ccc(OCCN2CCOCC2)cc1)C(=O)N[C@H]1c2ccccc2C[C@H]1O. The van der Waals surface area contributed by atoms with Crippen LogP contribution in [0.1, 0.15) is 61.9 Å². The molecule has 14 nitrogen and oxygen atoms in total. The summed E-state index contributed by atoms with van der Waals surface area (Å²) >= 11 is 0. The monoisotopic (exact) mass is 787 g/mol. The summed E-state index contributed by atoms with van der Waals surface area (Å²) < 4.78 is 16.7. The van der Waals surface area contributed by atoms with Crippen molar-refractivity contribution in [3.8, 4) is 5.75 Å². The minimum Gasteiger partial charge on any atom is -0.492 e. The molecular weight excluding hydrogens is 730 g/mol. The first kappa shape index (κ1) is 43.1. The first-order valence-electron chi connectivity index (χ1n) is 19.6. The number of carbonyl (C=O) groups is 4. The second-order valence-corrected chi connectivity index (χ2v) is 15.8. The van der Waals surface area contributed by atoms with Crippen molar-refractivity contribution in [2.75, 3.05) is 39.5 Å². The average molecular weight is 788 g/mol. The van der Waals surface area contributed by atoms with Gasteiger partial charge in [0.05, 0.1) is 43.9 Å². The predicted octanol–water partition coefficient (Wildman–Crippen LogP) is 2.58. The van der Waals surface area contributed by atoms with Gasteiger partial charge in [-0.1, -0.05) is 66.7 Å². The molecule has 5 rings (SSSR count). The van der Waals surface area contributed by atoms with E-state index in [1.54, 1.807) is 20.8 Å². The first-order chi connectivity index (χ1) is 27.2. The van der Waals surface area contributed by atoms with Crippen LogP contribution in [0.2, 0.25) is 0 Å². The van der Waals surface area contributed by atoms with Crippen LogP contribution in [0, 0.1) is 5.92 Å². The molecule has 0 aromatic heterocycles. The van der Waals surface area contributed by atoms with E-state index >= 15 is 0 Å². The Morgan fingerprint density at radius 2 is 1.56 bits per heavy atom. The quantitative estimate of drug-likeness (QED) is 0.111. The summed E-state index contributed by atoms with van der Waals surface area (Å²) in [6.07, 6.45) is -2.80. The molecule has 14 heteroatoms. The Labute approximate surface area is 334 Å². The third kappa shape index (κ3) is 13.6. The van der Waals surface area contributed by atoms with Crippen LogP contribution in [0.5, 0.6) is 5.75 Å². The zero-order valence-electron chi connectivity index (χ0n) is 33.0. The van der Waals surface area contributed by atoms with Gasteiger partial charge in [-0.2, -0.15) is 0 Å². The van der Waals surface area contributed by atoms with Crippen molar-refractivity contribution in [1.82, 2.24) is 20.9 Å². The lowest BCUT2D eigenvalue weighted by molar-refractivity contribution is -0.129. The smallest absolute Gasteiger partial charge is 0.408 e. The van der Waals surface area contributed by atoms with Gasteiger partial charge < -0.3 is 46.1 Å². The van der Waals surface area contributed by atoms with Gasteiger partial charge in [-0.05, 0) is 74.4 Å². The summed E-state index contributed by atoms with van der Waals surface area (Å²) in [5, 5.41) is 31.2. The third-order valence-corrected chi connectivity index (χ3v) is 10.1. The fourth-order valence-electron chi connectivity index (χ4n) is 7.18. The topological polar surface area (TPSA) is 202 Å². The molecule has 2 aliphatic rings. The standard InChI is InChI=1S/C43H57N5O9/c1-43(2,3)57-42(54)46-35(27-38(44)51)41(53)45-34(24-28-9-5-4-6-10-28)36(49)26-31(40(52)47-39-33-12-8-7-11-30(33)25-37(39)50)23-29-13-15-32(16-14-29)56-22-19-48-17-20-55-21-18-48/h4-16,31,34-37,39,49-50H,17-27H2,1-3H3,(H2,44,51)(H,45,53)(H,46,54)(H,47,52)/t31-,34+,35+,36+,37-,39+/m1/s1. The van der Waals surface area contributed by atoms with Gasteiger partial charge in [-0.3, -0.25) is 19.3 Å². The number of carbonyl (C=O) groups excluding carboxylic acids is 4. The number of nitrogens with one attached hydrogen (secondary N) is 3. The molecule has 1 aliphatic heterocycles. The molecule has 0 bridgehead atoms. The van der Waals surface area contributed by atoms with Crippen molar-refractivity contribution in [2.24, 2.45) is 11.7 Å². The number of nitrogens with zero attached hydrogens (tertiary/aromatic N) is 1. The van der Waals surface area contributed by atoms with Crippen molar-refractivity contribution in [1.29, 1.82) is 0 Å². The lowest BCUT2D eigenvalue weighted by Crippen LogP contribution is -2.55. The molecule has 0 saturated carbocycles. The van der Waals surface area contributed by atoms with Crippen LogP contribution in [0.3, 0.4) is 0 Å². The van der Waals surface area contributed by atoms with Gasteiger partial charge in [0.2, 0.25) is 17.7 Å². The lowest BCUT2D eigenvalue weighted by Gasteiger charge is -2.30. The van der Waals surface area contributed by atoms with E-state index in [1.807, 2.05) is 78.9 Å². The van der Waals surface area contributed by atoms with Gasteiger partial charge in [0, 0.05) is 32.0 Å². The number of hydrogen-bond donors (Lipinski definition) is 6. The van der Waals surface area contributed by atoms with Crippen molar-refractivity contribution in [3.63, 3.8) is 0 Å². The molecule has 3 aromatic carbocycles. The molecule has 308 valence electrons. The van der Waals surface area contributed by atoms with Crippen LogP contribution >= 0.6 is 0 Å². The van der Waals surface area contributed by atoms with E-state index in [4.69, 9.17) is 19.9 Å². The molecule has 1 saturated heterocycles. The fourth-order valence-corrected chi connectivity index (χ4v) is 7.18. The number of rotatable bonds is 18. The summed E-state index contributed by atoms with van der Waals surface area (Å²) in [5.74, 6) is -2.06. The summed E-state index contributed by atoms with van der Waals surface area (Å²) in [5.41, 5.74) is 7.99. The number of hydrogen-bond acceptors (Lipinski definition) is 10. The number of alkyl carbamates (subject to hydrolysis) is 1. The number of ether oxygens (including phenoxy) is 3. The number of benzene rings is 3. The number of morpholine rings is 1. The number of aliphatic hydroxyl groups excluding tert-OH is 2. The van der Waals surface area contributed by atoms with E-state index in [1.165, 1.54) is 0 Å². The average Bonchev–Trinajstić information content (AvgIpc) is 3.48. The first-order valence-corrected chi connectivity index (χ1v) is 19.6. The molecule has 0 unspecified atom stereocenters. The van der Waals surface area contributed by atoms with Crippen molar-refractivity contribution in [2.45, 2.75) is 88.8 Å². The highest BCUT2D eigenvalue weighted by atomic mass is 16.6. The highest BCUT2D eigenvalue weighted by molar-refractivity contribution is 5.90. The second kappa shape index (κ2) is 20.4. The fraction of sp³-hybridized carbons (Fsp3) is 0.488. The van der Waals surface area contributed by atoms with Gasteiger partial charge in [0.15, 0.2) is 0 Å². The summed E-state index contributed by atoms with van der Waals surface area (Å²) in [6.45, 7) is 9.45. The maximum absolute atomic E-state index is 14.2. The number of fused-ring (bicyclic) bond motifs is 1. The number of primary amides is 1. The largest absolute Gasteiger partial charge is 0.492 e. The Morgan fingerprint density at radius 3 is 2.25 bits per heavy atom. The Balaban J connectivity index is 1.35. The Morgan fingerprint density at radius 1 is 0.895 bits per heavy atom. The molecule has 7 N–H and O–H groups in total. The van der Waals surface area contributed by atoms with Crippen molar-refractivity contribution >= 4 is 23.8 Å². The van der Waals surface area contributed by atoms with Gasteiger partial charge in [-0.15, -0.1) is 0 Å². The summed E-state index contributed by atoms with van der Waals surface area (Å²) in [7, 11) is 0. The number of amides is 4. The molecule has 1 heterocycles. The van der Waals surface area contributed by atoms with Crippen LogP contribution in [0.25, 0.3) is 0 Å². The Kier molecular flexibility index (Phi) is 15.4. The van der Waals surface area contributed by atoms with Gasteiger partial charge in [0.25, 0.3) is 0 Å². The van der Waals surface area contributed by atoms with E-state index in [9.17, 15) is 29.4 Å². The molecule has 1 fully saturated rings. The molecule has 6 atom stereocenters. The van der Waals surface area contributed by atoms with Crippen LogP contribution in [0.4, 0.5) is 4.79 Å². The second-order valence-electron chi connectivity index (χ2n) is 15.8. The maximum Gasteiger partial charge on any atom is 0.408 e. The van der Waals surface area contributed by atoms with Crippen molar-refractivity contribution < 1.29 is 43.6 Å². The molecule has 0 radical (unpaired) electrons. The Bertz CT molecular complexity index is 1780. The minimum atomic E-state index is -1.39. The summed E-state index contributed by atoms with van der Waals surface area (Å²) in [6, 6.07) is 21.3. The predicted molar refractivity (Wildman–Crippen MR) is 213 cm³/mol. The lowest BCUT2D eigenvalue weighted by atomic mass is 9.88. The molecule has 4 amide bonds. The highest BCUT2D eigenvalue weighted by Gasteiger charge is 2.36. The molecule has 57 heavy (non-hydrogen) atoms. The summed E-state index contributed by atoms with van der Waals surface area (Å²) in [4.78, 5) is 54.9. The molecule has 3 aromatic rings. The van der Waals surface area contributed by atoms with Crippen LogP contribution in [-0.4, -0.2) is 108 Å². The van der Waals surface area contributed by atoms with E-state index in [-0.39, 0.29) is 25.2 Å². The third-order valence-electron chi connectivity index (χ3n) is 10.1. The van der Waals surface area contributed by atoms with Crippen LogP contribution < -0.4 is 26.4 Å². The van der Waals surface area contributed by atoms with Crippen LogP contribution in [-0.2, 0) is 43.1 Å². The molecular formula is C43H57N5O9. The highest BCUT2D eigenvalue weighted by Crippen LogP contribution is 2.32. The van der Waals surface area contributed by atoms with E-state index < -0.39 is 66.2 Å². The van der Waals surface area contributed by atoms with Gasteiger partial charge in [0.1, 0.15) is 24.0 Å². The Hall–Kier alpha value is -5.02. The zero-order chi connectivity index (χ0) is 41.0. The van der Waals surface area contributed by atoms with E-state index in [0.29, 0.717) is 32.0 Å². The maximum atomic E-state index is 14.2. The van der Waals surface area contributed by atoms with Crippen LogP contribution in [0.15, 0.2) is 78.9 Å². The minimum absolute atomic E-state index is 0.0775. The van der Waals surface area contributed by atoms with E-state index in [2.05, 4.69) is 20.9 Å². The van der Waals surface area contributed by atoms with Gasteiger partial charge in [-0.25, -0.2) is 4.79 Å². The normalized spacial score (nSPS) is 19.0. The van der Waals surface area contributed by atoms with Gasteiger partial charge >= 0.3 is 6.09 Å². The van der Waals surface area contributed by atoms with Crippen molar-refractivity contribution in [3.05, 3.63) is 101 Å². The zero-order valence-corrected chi connectivity index (χ0v) is 33.0.